The molecule has 0 bridgehead atoms. The zero-order chi connectivity index (χ0) is 11.3. The summed E-state index contributed by atoms with van der Waals surface area (Å²) >= 11 is 3.43. The molecule has 0 N–H and O–H groups in total. The zero-order valence-corrected chi connectivity index (χ0v) is 10.4. The Morgan fingerprint density at radius 1 is 1.53 bits per heavy atom. The summed E-state index contributed by atoms with van der Waals surface area (Å²) in [5.41, 5.74) is 1.15. The maximum Gasteiger partial charge on any atom is 0.133 e. The summed E-state index contributed by atoms with van der Waals surface area (Å²) in [5, 5.41) is 8.53. The number of hydrogen-bond acceptors (Lipinski definition) is 3. The van der Waals surface area contributed by atoms with Crippen LogP contribution in [0.4, 0.5) is 0 Å². The molecule has 0 aliphatic heterocycles. The summed E-state index contributed by atoms with van der Waals surface area (Å²) in [6, 6.07) is 8.03. The number of ether oxygens (including phenoxy) is 1. The predicted molar refractivity (Wildman–Crippen MR) is 62.6 cm³/mol. The summed E-state index contributed by atoms with van der Waals surface area (Å²) in [6.07, 6.45) is 0. The third-order valence-corrected chi connectivity index (χ3v) is 2.63. The highest BCUT2D eigenvalue weighted by molar-refractivity contribution is 9.10. The largest absolute Gasteiger partial charge is 0.496 e. The van der Waals surface area contributed by atoms with Gasteiger partial charge in [-0.15, -0.1) is 0 Å². The van der Waals surface area contributed by atoms with Crippen LogP contribution in [-0.2, 0) is 6.54 Å². The van der Waals surface area contributed by atoms with Crippen molar-refractivity contribution < 1.29 is 4.74 Å². The molecular weight excluding hydrogens is 256 g/mol. The average Bonchev–Trinajstić information content (AvgIpc) is 2.18. The molecule has 0 radical (unpaired) electrons. The predicted octanol–water partition coefficient (Wildman–Crippen LogP) is 2.41. The van der Waals surface area contributed by atoms with Gasteiger partial charge in [-0.1, -0.05) is 6.07 Å². The van der Waals surface area contributed by atoms with Crippen LogP contribution in [0.2, 0.25) is 0 Å². The Morgan fingerprint density at radius 3 is 2.80 bits per heavy atom. The standard InChI is InChI=1S/C11H13BrN2O/c1-14(6-5-13)8-9-3-4-11(15-2)10(12)7-9/h3-4,7H,6,8H2,1-2H3. The summed E-state index contributed by atoms with van der Waals surface area (Å²) in [7, 11) is 3.56. The highest BCUT2D eigenvalue weighted by Gasteiger charge is 2.03. The Morgan fingerprint density at radius 2 is 2.27 bits per heavy atom. The molecule has 1 aromatic rings. The molecule has 4 heteroatoms. The Hall–Kier alpha value is -1.05. The molecule has 0 amide bonds. The fraction of sp³-hybridized carbons (Fsp3) is 0.364. The molecule has 0 saturated heterocycles. The van der Waals surface area contributed by atoms with Crippen molar-refractivity contribution in [3.8, 4) is 11.8 Å². The third-order valence-electron chi connectivity index (χ3n) is 2.01. The molecule has 0 saturated carbocycles. The summed E-state index contributed by atoms with van der Waals surface area (Å²) in [6.45, 7) is 1.19. The number of benzene rings is 1. The van der Waals surface area contributed by atoms with E-state index in [2.05, 4.69) is 22.0 Å². The SMILES string of the molecule is COc1ccc(CN(C)CC#N)cc1Br. The lowest BCUT2D eigenvalue weighted by atomic mass is 10.2. The number of nitrogens with zero attached hydrogens (tertiary/aromatic N) is 2. The Bertz CT molecular complexity index is 373. The van der Waals surface area contributed by atoms with Gasteiger partial charge < -0.3 is 4.74 Å². The lowest BCUT2D eigenvalue weighted by molar-refractivity contribution is 0.366. The van der Waals surface area contributed by atoms with Crippen molar-refractivity contribution in [2.75, 3.05) is 20.7 Å². The zero-order valence-electron chi connectivity index (χ0n) is 8.83. The first-order valence-electron chi connectivity index (χ1n) is 4.55. The van der Waals surface area contributed by atoms with E-state index in [1.807, 2.05) is 30.1 Å². The molecule has 0 heterocycles. The summed E-state index contributed by atoms with van der Waals surface area (Å²) in [4.78, 5) is 1.95. The molecule has 3 nitrogen and oxygen atoms in total. The molecule has 1 aromatic carbocycles. The van der Waals surface area contributed by atoms with Crippen LogP contribution in [0.25, 0.3) is 0 Å². The maximum absolute atomic E-state index is 8.53. The molecule has 15 heavy (non-hydrogen) atoms. The fourth-order valence-corrected chi connectivity index (χ4v) is 1.88. The molecule has 0 aliphatic rings. The van der Waals surface area contributed by atoms with Crippen LogP contribution in [0.1, 0.15) is 5.56 Å². The van der Waals surface area contributed by atoms with Gasteiger partial charge in [0, 0.05) is 6.54 Å². The van der Waals surface area contributed by atoms with Crippen molar-refractivity contribution in [3.63, 3.8) is 0 Å². The molecule has 80 valence electrons. The average molecular weight is 269 g/mol. The third kappa shape index (κ3) is 3.54. The van der Waals surface area contributed by atoms with Crippen LogP contribution in [0, 0.1) is 11.3 Å². The van der Waals surface area contributed by atoms with E-state index in [-0.39, 0.29) is 0 Å². The first kappa shape index (κ1) is 12.0. The minimum atomic E-state index is 0.434. The van der Waals surface area contributed by atoms with E-state index < -0.39 is 0 Å². The monoisotopic (exact) mass is 268 g/mol. The number of rotatable bonds is 4. The molecule has 0 aromatic heterocycles. The summed E-state index contributed by atoms with van der Waals surface area (Å²) < 4.78 is 6.08. The smallest absolute Gasteiger partial charge is 0.133 e. The van der Waals surface area contributed by atoms with Crippen molar-refractivity contribution in [3.05, 3.63) is 28.2 Å². The van der Waals surface area contributed by atoms with Gasteiger partial charge in [0.25, 0.3) is 0 Å². The van der Waals surface area contributed by atoms with Crippen LogP contribution in [-0.4, -0.2) is 25.6 Å². The normalized spacial score (nSPS) is 10.1. The van der Waals surface area contributed by atoms with Crippen LogP contribution >= 0.6 is 15.9 Å². The molecule has 0 aliphatic carbocycles. The molecule has 0 atom stereocenters. The van der Waals surface area contributed by atoms with E-state index >= 15 is 0 Å². The van der Waals surface area contributed by atoms with Crippen molar-refractivity contribution >= 4 is 15.9 Å². The number of hydrogen-bond donors (Lipinski definition) is 0. The molecule has 0 spiro atoms. The van der Waals surface area contributed by atoms with Crippen molar-refractivity contribution in [1.29, 1.82) is 5.26 Å². The fourth-order valence-electron chi connectivity index (χ4n) is 1.30. The van der Waals surface area contributed by atoms with Crippen molar-refractivity contribution in [2.24, 2.45) is 0 Å². The van der Waals surface area contributed by atoms with Crippen LogP contribution < -0.4 is 4.74 Å². The second-order valence-corrected chi connectivity index (χ2v) is 4.15. The number of halogens is 1. The second-order valence-electron chi connectivity index (χ2n) is 3.30. The van der Waals surface area contributed by atoms with Gasteiger partial charge in [-0.25, -0.2) is 0 Å². The van der Waals surface area contributed by atoms with Gasteiger partial charge >= 0.3 is 0 Å². The highest BCUT2D eigenvalue weighted by atomic mass is 79.9. The molecule has 0 fully saturated rings. The van der Waals surface area contributed by atoms with Gasteiger partial charge in [0.1, 0.15) is 5.75 Å². The van der Waals surface area contributed by atoms with E-state index in [4.69, 9.17) is 10.00 Å². The van der Waals surface area contributed by atoms with Crippen molar-refractivity contribution in [1.82, 2.24) is 4.90 Å². The highest BCUT2D eigenvalue weighted by Crippen LogP contribution is 2.25. The van der Waals surface area contributed by atoms with Gasteiger partial charge in [-0.05, 0) is 40.7 Å². The van der Waals surface area contributed by atoms with Gasteiger partial charge in [-0.2, -0.15) is 5.26 Å². The second kappa shape index (κ2) is 5.74. The lowest BCUT2D eigenvalue weighted by Gasteiger charge is -2.13. The van der Waals surface area contributed by atoms with E-state index in [1.54, 1.807) is 7.11 Å². The first-order valence-corrected chi connectivity index (χ1v) is 5.34. The molecule has 0 unspecified atom stereocenters. The first-order chi connectivity index (χ1) is 7.17. The van der Waals surface area contributed by atoms with Gasteiger partial charge in [0.15, 0.2) is 0 Å². The van der Waals surface area contributed by atoms with Crippen LogP contribution in [0.3, 0.4) is 0 Å². The Labute approximate surface area is 98.4 Å². The van der Waals surface area contributed by atoms with E-state index in [9.17, 15) is 0 Å². The number of methoxy groups -OCH3 is 1. The van der Waals surface area contributed by atoms with Gasteiger partial charge in [-0.3, -0.25) is 4.90 Å². The van der Waals surface area contributed by atoms with Crippen molar-refractivity contribution in [2.45, 2.75) is 6.54 Å². The Kier molecular flexibility index (Phi) is 4.60. The maximum atomic E-state index is 8.53. The van der Waals surface area contributed by atoms with Crippen LogP contribution in [0.5, 0.6) is 5.75 Å². The van der Waals surface area contributed by atoms with Gasteiger partial charge in [0.05, 0.1) is 24.2 Å². The number of nitriles is 1. The minimum Gasteiger partial charge on any atom is -0.496 e. The van der Waals surface area contributed by atoms with E-state index in [1.165, 1.54) is 0 Å². The van der Waals surface area contributed by atoms with Crippen LogP contribution in [0.15, 0.2) is 22.7 Å². The van der Waals surface area contributed by atoms with E-state index in [0.717, 1.165) is 22.3 Å². The molecule has 1 rings (SSSR count). The lowest BCUT2D eigenvalue weighted by Crippen LogP contribution is -2.17. The Balaban J connectivity index is 2.72. The minimum absolute atomic E-state index is 0.434. The topological polar surface area (TPSA) is 36.3 Å². The quantitative estimate of drug-likeness (QED) is 0.787. The summed E-state index contributed by atoms with van der Waals surface area (Å²) in [5.74, 6) is 0.821. The van der Waals surface area contributed by atoms with E-state index in [0.29, 0.717) is 6.54 Å². The molecular formula is C11H13BrN2O. The van der Waals surface area contributed by atoms with Gasteiger partial charge in [0.2, 0.25) is 0 Å².